The Morgan fingerprint density at radius 3 is 2.54 bits per heavy atom. The monoisotopic (exact) mass is 343 g/mol. The minimum absolute atomic E-state index is 0.234. The maximum atomic E-state index is 12.3. The average molecular weight is 343 g/mol. The molecule has 4 heteroatoms. The molecule has 0 aliphatic heterocycles. The van der Waals surface area contributed by atoms with Crippen molar-refractivity contribution in [2.75, 3.05) is 12.4 Å². The Bertz CT molecular complexity index is 1110. The summed E-state index contributed by atoms with van der Waals surface area (Å²) in [6.07, 6.45) is 3.26. The number of furan rings is 1. The molecule has 4 aromatic rings. The van der Waals surface area contributed by atoms with Gasteiger partial charge in [0.2, 0.25) is 5.91 Å². The topological polar surface area (TPSA) is 51.5 Å². The highest BCUT2D eigenvalue weighted by molar-refractivity contribution is 6.09. The normalized spacial score (nSPS) is 11.3. The Morgan fingerprint density at radius 1 is 0.962 bits per heavy atom. The highest BCUT2D eigenvalue weighted by Crippen LogP contribution is 2.36. The summed E-state index contributed by atoms with van der Waals surface area (Å²) < 4.78 is 11.3. The van der Waals surface area contributed by atoms with Crippen LogP contribution < -0.4 is 10.1 Å². The van der Waals surface area contributed by atoms with Crippen LogP contribution in [0.4, 0.5) is 5.69 Å². The fourth-order valence-electron chi connectivity index (χ4n) is 2.93. The van der Waals surface area contributed by atoms with Gasteiger partial charge in [0, 0.05) is 22.9 Å². The van der Waals surface area contributed by atoms with Crippen LogP contribution in [0.2, 0.25) is 0 Å². The van der Waals surface area contributed by atoms with Gasteiger partial charge in [0.25, 0.3) is 0 Å². The minimum Gasteiger partial charge on any atom is -0.495 e. The zero-order valence-electron chi connectivity index (χ0n) is 14.2. The maximum Gasteiger partial charge on any atom is 0.248 e. The first-order valence-corrected chi connectivity index (χ1v) is 8.28. The Balaban J connectivity index is 1.66. The SMILES string of the molecule is COc1cc2c(cc1NC(=O)/C=C/c1ccccc1)oc1ccccc12. The van der Waals surface area contributed by atoms with E-state index in [4.69, 9.17) is 9.15 Å². The first-order chi connectivity index (χ1) is 12.7. The highest BCUT2D eigenvalue weighted by atomic mass is 16.5. The molecule has 1 N–H and O–H groups in total. The van der Waals surface area contributed by atoms with Crippen molar-refractivity contribution in [3.05, 3.63) is 78.4 Å². The van der Waals surface area contributed by atoms with E-state index >= 15 is 0 Å². The van der Waals surface area contributed by atoms with E-state index in [-0.39, 0.29) is 5.91 Å². The molecule has 0 unspecified atom stereocenters. The van der Waals surface area contributed by atoms with Crippen molar-refractivity contribution in [3.8, 4) is 5.75 Å². The van der Waals surface area contributed by atoms with E-state index in [0.717, 1.165) is 21.9 Å². The summed E-state index contributed by atoms with van der Waals surface area (Å²) in [6, 6.07) is 21.2. The zero-order valence-corrected chi connectivity index (χ0v) is 14.2. The summed E-state index contributed by atoms with van der Waals surface area (Å²) in [5, 5.41) is 4.83. The lowest BCUT2D eigenvalue weighted by atomic mass is 10.1. The number of anilines is 1. The van der Waals surface area contributed by atoms with Crippen molar-refractivity contribution >= 4 is 39.6 Å². The van der Waals surface area contributed by atoms with Crippen LogP contribution in [0.5, 0.6) is 5.75 Å². The third kappa shape index (κ3) is 3.05. The number of amides is 1. The van der Waals surface area contributed by atoms with E-state index in [1.54, 1.807) is 19.3 Å². The van der Waals surface area contributed by atoms with E-state index in [1.165, 1.54) is 6.08 Å². The molecule has 3 aromatic carbocycles. The molecule has 1 amide bonds. The molecule has 4 rings (SSSR count). The number of nitrogens with one attached hydrogen (secondary N) is 1. The van der Waals surface area contributed by atoms with Crippen LogP contribution in [0.1, 0.15) is 5.56 Å². The number of hydrogen-bond donors (Lipinski definition) is 1. The van der Waals surface area contributed by atoms with E-state index in [0.29, 0.717) is 17.0 Å². The first-order valence-electron chi connectivity index (χ1n) is 8.28. The van der Waals surface area contributed by atoms with Gasteiger partial charge in [-0.1, -0.05) is 48.5 Å². The summed E-state index contributed by atoms with van der Waals surface area (Å²) in [4.78, 5) is 12.3. The quantitative estimate of drug-likeness (QED) is 0.515. The molecule has 0 fully saturated rings. The van der Waals surface area contributed by atoms with Gasteiger partial charge < -0.3 is 14.5 Å². The van der Waals surface area contributed by atoms with E-state index in [2.05, 4.69) is 5.32 Å². The average Bonchev–Trinajstić information content (AvgIpc) is 3.04. The minimum atomic E-state index is -0.234. The van der Waals surface area contributed by atoms with Crippen LogP contribution in [0, 0.1) is 0 Å². The number of rotatable bonds is 4. The van der Waals surface area contributed by atoms with Gasteiger partial charge in [-0.2, -0.15) is 0 Å². The molecule has 1 aromatic heterocycles. The van der Waals surface area contributed by atoms with Gasteiger partial charge in [-0.05, 0) is 23.8 Å². The molecular weight excluding hydrogens is 326 g/mol. The maximum absolute atomic E-state index is 12.3. The number of methoxy groups -OCH3 is 1. The van der Waals surface area contributed by atoms with Gasteiger partial charge in [-0.3, -0.25) is 4.79 Å². The lowest BCUT2D eigenvalue weighted by molar-refractivity contribution is -0.111. The van der Waals surface area contributed by atoms with Crippen LogP contribution in [-0.4, -0.2) is 13.0 Å². The molecule has 0 aliphatic carbocycles. The van der Waals surface area contributed by atoms with Gasteiger partial charge in [-0.15, -0.1) is 0 Å². The smallest absolute Gasteiger partial charge is 0.248 e. The van der Waals surface area contributed by atoms with Crippen molar-refractivity contribution < 1.29 is 13.9 Å². The number of fused-ring (bicyclic) bond motifs is 3. The number of hydrogen-bond acceptors (Lipinski definition) is 3. The predicted octanol–water partition coefficient (Wildman–Crippen LogP) is 5.25. The summed E-state index contributed by atoms with van der Waals surface area (Å²) in [5.74, 6) is 0.355. The van der Waals surface area contributed by atoms with Gasteiger partial charge in [-0.25, -0.2) is 0 Å². The summed E-state index contributed by atoms with van der Waals surface area (Å²) in [6.45, 7) is 0. The largest absolute Gasteiger partial charge is 0.495 e. The Hall–Kier alpha value is -3.53. The number of carbonyl (C=O) groups is 1. The molecule has 0 spiro atoms. The van der Waals surface area contributed by atoms with Crippen LogP contribution in [0.15, 0.2) is 77.2 Å². The first kappa shape index (κ1) is 16.0. The van der Waals surface area contributed by atoms with Crippen LogP contribution in [0.3, 0.4) is 0 Å². The Labute approximate surface area is 150 Å². The van der Waals surface area contributed by atoms with Gasteiger partial charge in [0.05, 0.1) is 12.8 Å². The molecule has 0 bridgehead atoms. The number of para-hydroxylation sites is 1. The number of carbonyl (C=O) groups excluding carboxylic acids is 1. The van der Waals surface area contributed by atoms with E-state index < -0.39 is 0 Å². The van der Waals surface area contributed by atoms with Crippen LogP contribution >= 0.6 is 0 Å². The summed E-state index contributed by atoms with van der Waals surface area (Å²) in [7, 11) is 1.58. The van der Waals surface area contributed by atoms with Gasteiger partial charge in [0.1, 0.15) is 16.9 Å². The van der Waals surface area contributed by atoms with Crippen LogP contribution in [-0.2, 0) is 4.79 Å². The van der Waals surface area contributed by atoms with Crippen molar-refractivity contribution in [1.82, 2.24) is 0 Å². The highest BCUT2D eigenvalue weighted by Gasteiger charge is 2.13. The second-order valence-corrected chi connectivity index (χ2v) is 5.88. The lowest BCUT2D eigenvalue weighted by Crippen LogP contribution is -2.08. The summed E-state index contributed by atoms with van der Waals surface area (Å²) >= 11 is 0. The number of ether oxygens (including phenoxy) is 1. The molecule has 0 atom stereocenters. The second-order valence-electron chi connectivity index (χ2n) is 5.88. The van der Waals surface area contributed by atoms with Crippen molar-refractivity contribution in [2.45, 2.75) is 0 Å². The molecule has 4 nitrogen and oxygen atoms in total. The van der Waals surface area contributed by atoms with Crippen LogP contribution in [0.25, 0.3) is 28.0 Å². The molecule has 0 radical (unpaired) electrons. The Kier molecular flexibility index (Phi) is 4.15. The zero-order chi connectivity index (χ0) is 17.9. The fraction of sp³-hybridized carbons (Fsp3) is 0.0455. The van der Waals surface area contributed by atoms with E-state index in [1.807, 2.05) is 60.7 Å². The molecule has 26 heavy (non-hydrogen) atoms. The van der Waals surface area contributed by atoms with E-state index in [9.17, 15) is 4.79 Å². The molecular formula is C22H17NO3. The van der Waals surface area contributed by atoms with Crippen molar-refractivity contribution in [1.29, 1.82) is 0 Å². The van der Waals surface area contributed by atoms with Gasteiger partial charge in [0.15, 0.2) is 0 Å². The van der Waals surface area contributed by atoms with Crippen molar-refractivity contribution in [3.63, 3.8) is 0 Å². The molecule has 0 saturated heterocycles. The van der Waals surface area contributed by atoms with Gasteiger partial charge >= 0.3 is 0 Å². The molecule has 0 saturated carbocycles. The standard InChI is InChI=1S/C22H17NO3/c1-25-21-13-17-16-9-5-6-10-19(16)26-20(17)14-18(21)23-22(24)12-11-15-7-3-2-4-8-15/h2-14H,1H3,(H,23,24)/b12-11+. The molecule has 128 valence electrons. The lowest BCUT2D eigenvalue weighted by Gasteiger charge is -2.09. The summed E-state index contributed by atoms with van der Waals surface area (Å²) in [5.41, 5.74) is 3.04. The van der Waals surface area contributed by atoms with Crippen molar-refractivity contribution in [2.24, 2.45) is 0 Å². The molecule has 0 aliphatic rings. The third-order valence-electron chi connectivity index (χ3n) is 4.18. The molecule has 1 heterocycles. The second kappa shape index (κ2) is 6.76. The number of benzene rings is 3. The predicted molar refractivity (Wildman–Crippen MR) is 104 cm³/mol. The fourth-order valence-corrected chi connectivity index (χ4v) is 2.93. The Morgan fingerprint density at radius 2 is 1.73 bits per heavy atom. The third-order valence-corrected chi connectivity index (χ3v) is 4.18.